The fourth-order valence-electron chi connectivity index (χ4n) is 1.08. The summed E-state index contributed by atoms with van der Waals surface area (Å²) in [5.74, 6) is 0.993. The van der Waals surface area contributed by atoms with Gasteiger partial charge in [0.2, 0.25) is 0 Å². The van der Waals surface area contributed by atoms with Crippen molar-refractivity contribution < 1.29 is 19.0 Å². The molecule has 78 valence electrons. The van der Waals surface area contributed by atoms with E-state index in [0.29, 0.717) is 17.1 Å². The molecule has 1 aromatic rings. The van der Waals surface area contributed by atoms with Gasteiger partial charge in [-0.3, -0.25) is 0 Å². The van der Waals surface area contributed by atoms with Crippen LogP contribution in [-0.2, 0) is 6.61 Å². The van der Waals surface area contributed by atoms with Gasteiger partial charge in [0.05, 0.1) is 13.7 Å². The highest BCUT2D eigenvalue weighted by atomic mass is 19.1. The highest BCUT2D eigenvalue weighted by molar-refractivity contribution is 5.42. The van der Waals surface area contributed by atoms with Crippen LogP contribution in [0.1, 0.15) is 5.56 Å². The molecule has 0 saturated carbocycles. The Hall–Kier alpha value is -1.29. The molecule has 0 aromatic heterocycles. The number of aliphatic hydroxyl groups excluding tert-OH is 1. The van der Waals surface area contributed by atoms with Crippen LogP contribution in [0.4, 0.5) is 4.39 Å². The van der Waals surface area contributed by atoms with Crippen LogP contribution >= 0.6 is 0 Å². The van der Waals surface area contributed by atoms with E-state index in [2.05, 4.69) is 0 Å². The van der Waals surface area contributed by atoms with Gasteiger partial charge >= 0.3 is 0 Å². The molecule has 0 heterocycles. The van der Waals surface area contributed by atoms with Crippen molar-refractivity contribution in [1.29, 1.82) is 0 Å². The molecule has 0 fully saturated rings. The summed E-state index contributed by atoms with van der Waals surface area (Å²) >= 11 is 0. The van der Waals surface area contributed by atoms with Crippen LogP contribution in [0.25, 0.3) is 0 Å². The first-order valence-corrected chi connectivity index (χ1v) is 4.28. The Labute approximate surface area is 82.1 Å². The molecule has 14 heavy (non-hydrogen) atoms. The smallest absolute Gasteiger partial charge is 0.161 e. The minimum atomic E-state index is -0.549. The van der Waals surface area contributed by atoms with Crippen LogP contribution in [0.3, 0.4) is 0 Å². The van der Waals surface area contributed by atoms with Gasteiger partial charge in [0.15, 0.2) is 11.5 Å². The number of rotatable bonds is 5. The third-order valence-corrected chi connectivity index (χ3v) is 1.75. The third kappa shape index (κ3) is 2.60. The largest absolute Gasteiger partial charge is 0.493 e. The first kappa shape index (κ1) is 10.8. The van der Waals surface area contributed by atoms with Crippen molar-refractivity contribution >= 4 is 0 Å². The molecule has 0 atom stereocenters. The highest BCUT2D eigenvalue weighted by Crippen LogP contribution is 2.27. The predicted molar refractivity (Wildman–Crippen MR) is 50.4 cm³/mol. The molecule has 0 aliphatic carbocycles. The van der Waals surface area contributed by atoms with E-state index in [1.165, 1.54) is 7.11 Å². The van der Waals surface area contributed by atoms with Crippen LogP contribution < -0.4 is 9.47 Å². The average Bonchev–Trinajstić information content (AvgIpc) is 2.25. The summed E-state index contributed by atoms with van der Waals surface area (Å²) in [6.07, 6.45) is 0. The fraction of sp³-hybridized carbons (Fsp3) is 0.400. The van der Waals surface area contributed by atoms with Gasteiger partial charge in [-0.15, -0.1) is 0 Å². The third-order valence-electron chi connectivity index (χ3n) is 1.75. The first-order valence-electron chi connectivity index (χ1n) is 4.28. The molecule has 0 unspecified atom stereocenters. The van der Waals surface area contributed by atoms with E-state index in [-0.39, 0.29) is 13.2 Å². The maximum absolute atomic E-state index is 11.9. The van der Waals surface area contributed by atoms with E-state index in [1.54, 1.807) is 18.2 Å². The van der Waals surface area contributed by atoms with Gasteiger partial charge in [-0.05, 0) is 17.7 Å². The highest BCUT2D eigenvalue weighted by Gasteiger charge is 2.04. The van der Waals surface area contributed by atoms with Gasteiger partial charge in [-0.2, -0.15) is 0 Å². The van der Waals surface area contributed by atoms with E-state index in [9.17, 15) is 4.39 Å². The molecule has 1 aromatic carbocycles. The lowest BCUT2D eigenvalue weighted by Crippen LogP contribution is -2.01. The van der Waals surface area contributed by atoms with Gasteiger partial charge in [0.1, 0.15) is 13.3 Å². The number of methoxy groups -OCH3 is 1. The number of aliphatic hydroxyl groups is 1. The summed E-state index contributed by atoms with van der Waals surface area (Å²) in [4.78, 5) is 0. The monoisotopic (exact) mass is 200 g/mol. The molecule has 0 aliphatic rings. The Morgan fingerprint density at radius 3 is 2.71 bits per heavy atom. The SMILES string of the molecule is COc1ccc(CO)cc1OCCF. The summed E-state index contributed by atoms with van der Waals surface area (Å²) < 4.78 is 22.0. The normalized spacial score (nSPS) is 9.93. The molecular formula is C10H13FO3. The molecule has 0 bridgehead atoms. The maximum Gasteiger partial charge on any atom is 0.161 e. The van der Waals surface area contributed by atoms with Crippen LogP contribution in [0.2, 0.25) is 0 Å². The second-order valence-corrected chi connectivity index (χ2v) is 2.68. The van der Waals surface area contributed by atoms with Gasteiger partial charge in [0.25, 0.3) is 0 Å². The number of hydrogen-bond donors (Lipinski definition) is 1. The van der Waals surface area contributed by atoms with E-state index in [0.717, 1.165) is 0 Å². The minimum absolute atomic E-state index is 0.00869. The Morgan fingerprint density at radius 1 is 1.36 bits per heavy atom. The summed E-state index contributed by atoms with van der Waals surface area (Å²) in [6.45, 7) is -0.631. The van der Waals surface area contributed by atoms with E-state index in [1.807, 2.05) is 0 Å². The summed E-state index contributed by atoms with van der Waals surface area (Å²) in [5.41, 5.74) is 0.708. The van der Waals surface area contributed by atoms with Crippen molar-refractivity contribution in [2.45, 2.75) is 6.61 Å². The molecule has 0 aliphatic heterocycles. The second kappa shape index (κ2) is 5.44. The summed E-state index contributed by atoms with van der Waals surface area (Å²) in [5, 5.41) is 8.88. The van der Waals surface area contributed by atoms with Crippen molar-refractivity contribution in [2.75, 3.05) is 20.4 Å². The standard InChI is InChI=1S/C10H13FO3/c1-13-9-3-2-8(7-12)6-10(9)14-5-4-11/h2-3,6,12H,4-5,7H2,1H3. The van der Waals surface area contributed by atoms with Crippen molar-refractivity contribution in [3.63, 3.8) is 0 Å². The van der Waals surface area contributed by atoms with Gasteiger partial charge in [0, 0.05) is 0 Å². The average molecular weight is 200 g/mol. The second-order valence-electron chi connectivity index (χ2n) is 2.68. The zero-order valence-electron chi connectivity index (χ0n) is 8.00. The topological polar surface area (TPSA) is 38.7 Å². The van der Waals surface area contributed by atoms with E-state index in [4.69, 9.17) is 14.6 Å². The molecule has 0 spiro atoms. The number of ether oxygens (including phenoxy) is 2. The number of hydrogen-bond acceptors (Lipinski definition) is 3. The lowest BCUT2D eigenvalue weighted by Gasteiger charge is -2.10. The van der Waals surface area contributed by atoms with Crippen molar-refractivity contribution in [3.8, 4) is 11.5 Å². The predicted octanol–water partition coefficient (Wildman–Crippen LogP) is 1.54. The zero-order chi connectivity index (χ0) is 10.4. The molecule has 3 nitrogen and oxygen atoms in total. The molecule has 0 radical (unpaired) electrons. The molecule has 1 N–H and O–H groups in total. The van der Waals surface area contributed by atoms with Crippen LogP contribution in [0, 0.1) is 0 Å². The summed E-state index contributed by atoms with van der Waals surface area (Å²) in [7, 11) is 1.51. The Morgan fingerprint density at radius 2 is 2.14 bits per heavy atom. The van der Waals surface area contributed by atoms with Gasteiger partial charge < -0.3 is 14.6 Å². The van der Waals surface area contributed by atoms with Crippen molar-refractivity contribution in [2.24, 2.45) is 0 Å². The zero-order valence-corrected chi connectivity index (χ0v) is 8.00. The molecule has 0 saturated heterocycles. The molecule has 0 amide bonds. The van der Waals surface area contributed by atoms with Crippen LogP contribution in [0.15, 0.2) is 18.2 Å². The van der Waals surface area contributed by atoms with Crippen LogP contribution in [-0.4, -0.2) is 25.5 Å². The lowest BCUT2D eigenvalue weighted by molar-refractivity contribution is 0.256. The molecule has 1 rings (SSSR count). The summed E-state index contributed by atoms with van der Waals surface area (Å²) in [6, 6.07) is 5.04. The quantitative estimate of drug-likeness (QED) is 0.783. The van der Waals surface area contributed by atoms with E-state index >= 15 is 0 Å². The van der Waals surface area contributed by atoms with Gasteiger partial charge in [-0.25, -0.2) is 4.39 Å². The Balaban J connectivity index is 2.84. The maximum atomic E-state index is 11.9. The molecular weight excluding hydrogens is 187 g/mol. The lowest BCUT2D eigenvalue weighted by atomic mass is 10.2. The van der Waals surface area contributed by atoms with Crippen molar-refractivity contribution in [3.05, 3.63) is 23.8 Å². The minimum Gasteiger partial charge on any atom is -0.493 e. The number of alkyl halides is 1. The Bertz CT molecular complexity index is 289. The van der Waals surface area contributed by atoms with Crippen molar-refractivity contribution in [1.82, 2.24) is 0 Å². The van der Waals surface area contributed by atoms with Crippen LogP contribution in [0.5, 0.6) is 11.5 Å². The first-order chi connectivity index (χ1) is 6.81. The molecule has 4 heteroatoms. The van der Waals surface area contributed by atoms with Gasteiger partial charge in [-0.1, -0.05) is 6.07 Å². The number of halogens is 1. The van der Waals surface area contributed by atoms with E-state index < -0.39 is 6.67 Å². The Kier molecular flexibility index (Phi) is 4.19. The number of benzene rings is 1. The fourth-order valence-corrected chi connectivity index (χ4v) is 1.08.